The summed E-state index contributed by atoms with van der Waals surface area (Å²) in [6, 6.07) is 8.14. The Morgan fingerprint density at radius 3 is 2.85 bits per heavy atom. The van der Waals surface area contributed by atoms with Crippen LogP contribution in [0.2, 0.25) is 0 Å². The number of aromatic nitrogens is 4. The van der Waals surface area contributed by atoms with Crippen molar-refractivity contribution < 1.29 is 0 Å². The predicted octanol–water partition coefficient (Wildman–Crippen LogP) is 2.34. The Morgan fingerprint density at radius 1 is 1.22 bits per heavy atom. The lowest BCUT2D eigenvalue weighted by molar-refractivity contribution is 0.567. The molecular weight excluding hydrogens is 338 g/mol. The van der Waals surface area contributed by atoms with Gasteiger partial charge in [-0.2, -0.15) is 5.10 Å². The number of fused-ring (bicyclic) bond motifs is 1. The zero-order valence-electron chi connectivity index (χ0n) is 16.4. The quantitative estimate of drug-likeness (QED) is 0.364. The molecule has 0 saturated heterocycles. The highest BCUT2D eigenvalue weighted by molar-refractivity contribution is 5.79. The van der Waals surface area contributed by atoms with Crippen molar-refractivity contribution in [3.63, 3.8) is 0 Å². The van der Waals surface area contributed by atoms with E-state index >= 15 is 0 Å². The number of imidazole rings is 1. The molecule has 0 aliphatic rings. The Morgan fingerprint density at radius 2 is 2.11 bits per heavy atom. The fourth-order valence-electron chi connectivity index (χ4n) is 3.07. The highest BCUT2D eigenvalue weighted by Gasteiger charge is 2.03. The maximum Gasteiger partial charge on any atom is 0.191 e. The molecule has 0 unspecified atom stereocenters. The smallest absolute Gasteiger partial charge is 0.191 e. The largest absolute Gasteiger partial charge is 0.357 e. The van der Waals surface area contributed by atoms with Gasteiger partial charge in [-0.1, -0.05) is 6.07 Å². The minimum atomic E-state index is 0.766. The van der Waals surface area contributed by atoms with Gasteiger partial charge in [0.15, 0.2) is 5.96 Å². The average Bonchev–Trinajstić information content (AvgIpc) is 3.20. The van der Waals surface area contributed by atoms with Crippen LogP contribution in [0.3, 0.4) is 0 Å². The van der Waals surface area contributed by atoms with E-state index in [4.69, 9.17) is 0 Å². The molecular formula is C20H29N7. The molecule has 0 aliphatic heterocycles. The Bertz CT molecular complexity index is 858. The maximum atomic E-state index is 4.67. The molecule has 3 heterocycles. The second kappa shape index (κ2) is 9.21. The van der Waals surface area contributed by atoms with E-state index in [1.807, 2.05) is 35.7 Å². The third-order valence-electron chi connectivity index (χ3n) is 4.33. The molecule has 0 fully saturated rings. The standard InChI is InChI=1S/C20H29N7/c1-4-21-20(22-10-7-13-27-17(3)14-16(2)25-27)23-11-9-18-15-26-12-6-5-8-19(26)24-18/h5-6,8,12,14-15H,4,7,9-11,13H2,1-3H3,(H2,21,22,23). The van der Waals surface area contributed by atoms with E-state index in [9.17, 15) is 0 Å². The first-order valence-electron chi connectivity index (χ1n) is 9.61. The molecule has 3 rings (SSSR count). The van der Waals surface area contributed by atoms with Crippen molar-refractivity contribution >= 4 is 11.6 Å². The lowest BCUT2D eigenvalue weighted by Gasteiger charge is -2.10. The Hall–Kier alpha value is -2.83. The molecule has 0 amide bonds. The Labute approximate surface area is 160 Å². The van der Waals surface area contributed by atoms with Gasteiger partial charge >= 0.3 is 0 Å². The van der Waals surface area contributed by atoms with Crippen LogP contribution in [-0.2, 0) is 13.0 Å². The topological polar surface area (TPSA) is 71.5 Å². The van der Waals surface area contributed by atoms with Crippen LogP contribution in [0.1, 0.15) is 30.4 Å². The first kappa shape index (κ1) is 18.9. The summed E-state index contributed by atoms with van der Waals surface area (Å²) in [5, 5.41) is 11.2. The molecule has 2 N–H and O–H groups in total. The summed E-state index contributed by atoms with van der Waals surface area (Å²) in [5.41, 5.74) is 4.33. The van der Waals surface area contributed by atoms with Gasteiger partial charge in [0.2, 0.25) is 0 Å². The van der Waals surface area contributed by atoms with E-state index in [2.05, 4.69) is 56.5 Å². The first-order valence-corrected chi connectivity index (χ1v) is 9.61. The van der Waals surface area contributed by atoms with E-state index in [1.165, 1.54) is 5.69 Å². The van der Waals surface area contributed by atoms with Gasteiger partial charge in [-0.05, 0) is 45.4 Å². The van der Waals surface area contributed by atoms with E-state index in [0.29, 0.717) is 0 Å². The summed E-state index contributed by atoms with van der Waals surface area (Å²) in [5.74, 6) is 0.856. The number of rotatable bonds is 8. The fourth-order valence-corrected chi connectivity index (χ4v) is 3.07. The van der Waals surface area contributed by atoms with Crippen molar-refractivity contribution in [3.8, 4) is 0 Å². The summed E-state index contributed by atoms with van der Waals surface area (Å²) in [7, 11) is 0. The molecule has 0 radical (unpaired) electrons. The normalized spacial score (nSPS) is 11.9. The fraction of sp³-hybridized carbons (Fsp3) is 0.450. The number of guanidine groups is 1. The van der Waals surface area contributed by atoms with E-state index < -0.39 is 0 Å². The summed E-state index contributed by atoms with van der Waals surface area (Å²) in [6.07, 6.45) is 5.92. The lowest BCUT2D eigenvalue weighted by atomic mass is 10.3. The molecule has 0 spiro atoms. The highest BCUT2D eigenvalue weighted by Crippen LogP contribution is 2.05. The number of nitrogens with zero attached hydrogens (tertiary/aromatic N) is 5. The summed E-state index contributed by atoms with van der Waals surface area (Å²) < 4.78 is 4.10. The maximum absolute atomic E-state index is 4.67. The number of hydrogen-bond acceptors (Lipinski definition) is 3. The Kier molecular flexibility index (Phi) is 6.46. The van der Waals surface area contributed by atoms with Crippen molar-refractivity contribution in [1.82, 2.24) is 29.8 Å². The zero-order valence-corrected chi connectivity index (χ0v) is 16.4. The molecule has 3 aromatic heterocycles. The van der Waals surface area contributed by atoms with E-state index in [0.717, 1.165) is 62.0 Å². The molecule has 0 bridgehead atoms. The third kappa shape index (κ3) is 5.32. The second-order valence-corrected chi connectivity index (χ2v) is 6.64. The molecule has 0 aromatic carbocycles. The zero-order chi connectivity index (χ0) is 19.1. The molecule has 3 aromatic rings. The van der Waals surface area contributed by atoms with Crippen LogP contribution in [0.15, 0.2) is 41.7 Å². The van der Waals surface area contributed by atoms with Crippen molar-refractivity contribution in [3.05, 3.63) is 53.7 Å². The first-order chi connectivity index (χ1) is 13.2. The second-order valence-electron chi connectivity index (χ2n) is 6.64. The predicted molar refractivity (Wildman–Crippen MR) is 109 cm³/mol. The van der Waals surface area contributed by atoms with E-state index in [1.54, 1.807) is 0 Å². The third-order valence-corrected chi connectivity index (χ3v) is 4.33. The van der Waals surface area contributed by atoms with Gasteiger partial charge in [0.05, 0.1) is 11.4 Å². The summed E-state index contributed by atoms with van der Waals surface area (Å²) in [4.78, 5) is 9.29. The molecule has 144 valence electrons. The molecule has 0 saturated carbocycles. The highest BCUT2D eigenvalue weighted by atomic mass is 15.3. The number of pyridine rings is 1. The average molecular weight is 368 g/mol. The number of aliphatic imine (C=N–C) groups is 1. The minimum Gasteiger partial charge on any atom is -0.357 e. The van der Waals surface area contributed by atoms with Crippen molar-refractivity contribution in [2.75, 3.05) is 19.6 Å². The van der Waals surface area contributed by atoms with Crippen LogP contribution in [0, 0.1) is 13.8 Å². The van der Waals surface area contributed by atoms with Gasteiger partial charge in [-0.3, -0.25) is 9.67 Å². The molecule has 0 atom stereocenters. The monoisotopic (exact) mass is 367 g/mol. The van der Waals surface area contributed by atoms with Gasteiger partial charge in [0, 0.05) is 50.7 Å². The van der Waals surface area contributed by atoms with Crippen LogP contribution in [0.5, 0.6) is 0 Å². The molecule has 7 heteroatoms. The van der Waals surface area contributed by atoms with Gasteiger partial charge in [-0.25, -0.2) is 4.98 Å². The lowest BCUT2D eigenvalue weighted by Crippen LogP contribution is -2.38. The van der Waals surface area contributed by atoms with Gasteiger partial charge in [0.25, 0.3) is 0 Å². The number of aryl methyl sites for hydroxylation is 3. The van der Waals surface area contributed by atoms with Gasteiger partial charge in [0.1, 0.15) is 5.65 Å². The minimum absolute atomic E-state index is 0.766. The van der Waals surface area contributed by atoms with Crippen molar-refractivity contribution in [2.45, 2.75) is 40.2 Å². The van der Waals surface area contributed by atoms with Crippen LogP contribution >= 0.6 is 0 Å². The van der Waals surface area contributed by atoms with Crippen LogP contribution < -0.4 is 10.6 Å². The molecule has 7 nitrogen and oxygen atoms in total. The molecule has 0 aliphatic carbocycles. The van der Waals surface area contributed by atoms with Crippen LogP contribution in [0.25, 0.3) is 5.65 Å². The SMILES string of the molecule is CCNC(=NCCCn1nc(C)cc1C)NCCc1cn2ccccc2n1. The molecule has 27 heavy (non-hydrogen) atoms. The van der Waals surface area contributed by atoms with Gasteiger partial charge < -0.3 is 15.0 Å². The van der Waals surface area contributed by atoms with Crippen LogP contribution in [0.4, 0.5) is 0 Å². The number of hydrogen-bond donors (Lipinski definition) is 2. The van der Waals surface area contributed by atoms with Crippen molar-refractivity contribution in [1.29, 1.82) is 0 Å². The Balaban J connectivity index is 1.46. The summed E-state index contributed by atoms with van der Waals surface area (Å²) >= 11 is 0. The van der Waals surface area contributed by atoms with E-state index in [-0.39, 0.29) is 0 Å². The van der Waals surface area contributed by atoms with Gasteiger partial charge in [-0.15, -0.1) is 0 Å². The van der Waals surface area contributed by atoms with Crippen molar-refractivity contribution in [2.24, 2.45) is 4.99 Å². The summed E-state index contributed by atoms with van der Waals surface area (Å²) in [6.45, 7) is 9.50. The van der Waals surface area contributed by atoms with Crippen LogP contribution in [-0.4, -0.2) is 44.8 Å². The number of nitrogens with one attached hydrogen (secondary N) is 2.